The average molecular weight is 476 g/mol. The SMILES string of the molecule is Nc1ncc(-c2cnn([C@@H]3CN[C@H](C(=O)N4CCOCC4)C3)c2)cc1-c1nc2ccccc2s1. The molecule has 3 aromatic heterocycles. The second-order valence-electron chi connectivity index (χ2n) is 8.64. The summed E-state index contributed by atoms with van der Waals surface area (Å²) in [5.41, 5.74) is 9.88. The molecule has 9 nitrogen and oxygen atoms in total. The lowest BCUT2D eigenvalue weighted by Crippen LogP contribution is -2.48. The first-order valence-electron chi connectivity index (χ1n) is 11.4. The standard InChI is InChI=1S/C24H25N7O2S/c25-22-18(23-29-19-3-1-2-4-21(19)34-23)9-15(11-27-22)16-12-28-31(14-16)17-10-20(26-13-17)24(32)30-5-7-33-8-6-30/h1-4,9,11-12,14,17,20,26H,5-8,10,13H2,(H2,25,27)/t17-,20-/m0/s1. The smallest absolute Gasteiger partial charge is 0.239 e. The molecule has 2 fully saturated rings. The van der Waals surface area contributed by atoms with Gasteiger partial charge in [0, 0.05) is 43.2 Å². The van der Waals surface area contributed by atoms with E-state index in [0.29, 0.717) is 45.1 Å². The third-order valence-corrected chi connectivity index (χ3v) is 7.55. The molecule has 0 radical (unpaired) electrons. The van der Waals surface area contributed by atoms with Gasteiger partial charge >= 0.3 is 0 Å². The topological polar surface area (TPSA) is 111 Å². The maximum atomic E-state index is 12.8. The molecule has 0 aliphatic carbocycles. The van der Waals surface area contributed by atoms with Crippen molar-refractivity contribution in [3.05, 3.63) is 48.9 Å². The quantitative estimate of drug-likeness (QED) is 0.467. The highest BCUT2D eigenvalue weighted by Crippen LogP contribution is 2.35. The first-order chi connectivity index (χ1) is 16.7. The number of nitrogen functional groups attached to an aromatic ring is 1. The molecule has 0 saturated carbocycles. The van der Waals surface area contributed by atoms with Gasteiger partial charge in [-0.05, 0) is 24.6 Å². The highest BCUT2D eigenvalue weighted by molar-refractivity contribution is 7.21. The summed E-state index contributed by atoms with van der Waals surface area (Å²) in [4.78, 5) is 23.9. The number of hydrogen-bond acceptors (Lipinski definition) is 8. The van der Waals surface area contributed by atoms with E-state index in [9.17, 15) is 4.79 Å². The van der Waals surface area contributed by atoms with Crippen molar-refractivity contribution in [3.63, 3.8) is 0 Å². The molecule has 3 N–H and O–H groups in total. The van der Waals surface area contributed by atoms with Gasteiger partial charge < -0.3 is 20.7 Å². The van der Waals surface area contributed by atoms with Crippen LogP contribution in [0.3, 0.4) is 0 Å². The van der Waals surface area contributed by atoms with Crippen molar-refractivity contribution in [1.82, 2.24) is 30.0 Å². The van der Waals surface area contributed by atoms with Crippen molar-refractivity contribution in [3.8, 4) is 21.7 Å². The summed E-state index contributed by atoms with van der Waals surface area (Å²) >= 11 is 1.60. The molecule has 2 aliphatic heterocycles. The number of nitrogens with one attached hydrogen (secondary N) is 1. The van der Waals surface area contributed by atoms with E-state index in [2.05, 4.69) is 21.5 Å². The number of carbonyl (C=O) groups is 1. The summed E-state index contributed by atoms with van der Waals surface area (Å²) in [6, 6.07) is 10.0. The van der Waals surface area contributed by atoms with Crippen molar-refractivity contribution in [2.24, 2.45) is 0 Å². The van der Waals surface area contributed by atoms with Crippen LogP contribution in [0.4, 0.5) is 5.82 Å². The second-order valence-corrected chi connectivity index (χ2v) is 9.67. The number of fused-ring (bicyclic) bond motifs is 1. The molecule has 5 heterocycles. The number of rotatable bonds is 4. The van der Waals surface area contributed by atoms with Gasteiger partial charge in [0.05, 0.1) is 47.3 Å². The van der Waals surface area contributed by atoms with Crippen molar-refractivity contribution in [2.45, 2.75) is 18.5 Å². The minimum absolute atomic E-state index is 0.120. The molecular weight excluding hydrogens is 450 g/mol. The minimum atomic E-state index is -0.181. The van der Waals surface area contributed by atoms with Crippen LogP contribution < -0.4 is 11.1 Å². The van der Waals surface area contributed by atoms with Gasteiger partial charge in [0.1, 0.15) is 10.8 Å². The highest BCUT2D eigenvalue weighted by atomic mass is 32.1. The normalized spacial score (nSPS) is 20.8. The number of pyridine rings is 1. The summed E-state index contributed by atoms with van der Waals surface area (Å²) in [6.07, 6.45) is 6.34. The average Bonchev–Trinajstić information content (AvgIpc) is 3.63. The fourth-order valence-corrected chi connectivity index (χ4v) is 5.58. The molecule has 2 saturated heterocycles. The summed E-state index contributed by atoms with van der Waals surface area (Å²) in [7, 11) is 0. The molecule has 174 valence electrons. The van der Waals surface area contributed by atoms with Gasteiger partial charge in [0.25, 0.3) is 0 Å². The predicted octanol–water partition coefficient (Wildman–Crippen LogP) is 2.57. The molecular formula is C24H25N7O2S. The van der Waals surface area contributed by atoms with Gasteiger partial charge in [0.15, 0.2) is 0 Å². The van der Waals surface area contributed by atoms with Crippen molar-refractivity contribution in [1.29, 1.82) is 0 Å². The number of para-hydroxylation sites is 1. The largest absolute Gasteiger partial charge is 0.383 e. The van der Waals surface area contributed by atoms with Crippen LogP contribution >= 0.6 is 11.3 Å². The monoisotopic (exact) mass is 475 g/mol. The van der Waals surface area contributed by atoms with Crippen LogP contribution in [-0.2, 0) is 9.53 Å². The van der Waals surface area contributed by atoms with Crippen LogP contribution in [0.1, 0.15) is 12.5 Å². The van der Waals surface area contributed by atoms with E-state index < -0.39 is 0 Å². The lowest BCUT2D eigenvalue weighted by atomic mass is 10.1. The summed E-state index contributed by atoms with van der Waals surface area (Å²) in [5.74, 6) is 0.612. The molecule has 10 heteroatoms. The molecule has 2 aliphatic rings. The molecule has 1 aromatic carbocycles. The van der Waals surface area contributed by atoms with Gasteiger partial charge in [-0.25, -0.2) is 9.97 Å². The molecule has 0 unspecified atom stereocenters. The Morgan fingerprint density at radius 1 is 1.18 bits per heavy atom. The maximum absolute atomic E-state index is 12.8. The number of amides is 1. The molecule has 2 atom stereocenters. The van der Waals surface area contributed by atoms with E-state index in [4.69, 9.17) is 15.5 Å². The highest BCUT2D eigenvalue weighted by Gasteiger charge is 2.34. The van der Waals surface area contributed by atoms with Gasteiger partial charge in [0.2, 0.25) is 5.91 Å². The number of aromatic nitrogens is 4. The van der Waals surface area contributed by atoms with Crippen molar-refractivity contribution < 1.29 is 9.53 Å². The van der Waals surface area contributed by atoms with E-state index in [1.807, 2.05) is 46.2 Å². The minimum Gasteiger partial charge on any atom is -0.383 e. The number of nitrogens with two attached hydrogens (primary N) is 1. The Morgan fingerprint density at radius 3 is 2.88 bits per heavy atom. The zero-order valence-electron chi connectivity index (χ0n) is 18.6. The van der Waals surface area contributed by atoms with Crippen LogP contribution in [0.15, 0.2) is 48.9 Å². The van der Waals surface area contributed by atoms with Crippen molar-refractivity contribution >= 4 is 33.3 Å². The number of anilines is 1. The van der Waals surface area contributed by atoms with Crippen LogP contribution in [0, 0.1) is 0 Å². The first-order valence-corrected chi connectivity index (χ1v) is 12.2. The number of hydrogen-bond donors (Lipinski definition) is 2. The third kappa shape index (κ3) is 3.93. The lowest BCUT2D eigenvalue weighted by molar-refractivity contribution is -0.137. The van der Waals surface area contributed by atoms with Gasteiger partial charge in [-0.2, -0.15) is 5.10 Å². The van der Waals surface area contributed by atoms with E-state index in [1.54, 1.807) is 17.5 Å². The molecule has 0 bridgehead atoms. The predicted molar refractivity (Wildman–Crippen MR) is 131 cm³/mol. The third-order valence-electron chi connectivity index (χ3n) is 6.48. The second kappa shape index (κ2) is 8.79. The van der Waals surface area contributed by atoms with Gasteiger partial charge in [-0.1, -0.05) is 12.1 Å². The maximum Gasteiger partial charge on any atom is 0.239 e. The zero-order valence-corrected chi connectivity index (χ0v) is 19.4. The molecule has 4 aromatic rings. The van der Waals surface area contributed by atoms with E-state index in [-0.39, 0.29) is 18.0 Å². The van der Waals surface area contributed by atoms with E-state index in [0.717, 1.165) is 31.9 Å². The summed E-state index contributed by atoms with van der Waals surface area (Å²) in [6.45, 7) is 3.25. The fourth-order valence-electron chi connectivity index (χ4n) is 4.59. The van der Waals surface area contributed by atoms with Crippen LogP contribution in [-0.4, -0.2) is 69.4 Å². The molecule has 1 amide bonds. The first kappa shape index (κ1) is 21.2. The van der Waals surface area contributed by atoms with Gasteiger partial charge in [-0.15, -0.1) is 11.3 Å². The van der Waals surface area contributed by atoms with Crippen molar-refractivity contribution in [2.75, 3.05) is 38.6 Å². The Labute approximate surface area is 200 Å². The number of thiazole rings is 1. The Bertz CT molecular complexity index is 1310. The molecule has 6 rings (SSSR count). The van der Waals surface area contributed by atoms with E-state index in [1.165, 1.54) is 0 Å². The molecule has 34 heavy (non-hydrogen) atoms. The fraction of sp³-hybridized carbons (Fsp3) is 0.333. The lowest BCUT2D eigenvalue weighted by Gasteiger charge is -2.29. The zero-order chi connectivity index (χ0) is 23.1. The Hall–Kier alpha value is -3.34. The number of morpholine rings is 1. The van der Waals surface area contributed by atoms with Gasteiger partial charge in [-0.3, -0.25) is 9.48 Å². The Balaban J connectivity index is 1.21. The number of nitrogens with zero attached hydrogens (tertiary/aromatic N) is 5. The van der Waals surface area contributed by atoms with E-state index >= 15 is 0 Å². The Morgan fingerprint density at radius 2 is 2.03 bits per heavy atom. The van der Waals surface area contributed by atoms with Crippen LogP contribution in [0.5, 0.6) is 0 Å². The number of ether oxygens (including phenoxy) is 1. The summed E-state index contributed by atoms with van der Waals surface area (Å²) in [5, 5.41) is 8.83. The molecule has 0 spiro atoms. The Kier molecular flexibility index (Phi) is 5.48. The van der Waals surface area contributed by atoms with Crippen LogP contribution in [0.25, 0.3) is 31.9 Å². The number of benzene rings is 1. The summed E-state index contributed by atoms with van der Waals surface area (Å²) < 4.78 is 8.43. The van der Waals surface area contributed by atoms with Crippen LogP contribution in [0.2, 0.25) is 0 Å². The number of carbonyl (C=O) groups excluding carboxylic acids is 1.